The smallest absolute Gasteiger partial charge is 0.343 e. The normalized spacial score (nSPS) is 21.7. The summed E-state index contributed by atoms with van der Waals surface area (Å²) in [4.78, 5) is 12.5. The van der Waals surface area contributed by atoms with Gasteiger partial charge in [-0.25, -0.2) is 4.79 Å². The van der Waals surface area contributed by atoms with Gasteiger partial charge < -0.3 is 9.52 Å². The van der Waals surface area contributed by atoms with E-state index in [2.05, 4.69) is 31.2 Å². The van der Waals surface area contributed by atoms with Crippen LogP contribution >= 0.6 is 0 Å². The van der Waals surface area contributed by atoms with E-state index in [9.17, 15) is 9.90 Å². The Hall–Kier alpha value is -2.29. The second-order valence-corrected chi connectivity index (χ2v) is 6.96. The van der Waals surface area contributed by atoms with E-state index in [0.29, 0.717) is 17.7 Å². The molecule has 0 spiro atoms. The van der Waals surface area contributed by atoms with Crippen molar-refractivity contribution in [3.05, 3.63) is 76.4 Å². The van der Waals surface area contributed by atoms with E-state index in [0.717, 1.165) is 38.5 Å². The monoisotopic (exact) mass is 368 g/mol. The third-order valence-corrected chi connectivity index (χ3v) is 4.69. The highest BCUT2D eigenvalue weighted by molar-refractivity contribution is 5.38. The molecule has 2 heterocycles. The first kappa shape index (κ1) is 21.0. The van der Waals surface area contributed by atoms with Gasteiger partial charge in [-0.3, -0.25) is 0 Å². The minimum absolute atomic E-state index is 0.0345. The van der Waals surface area contributed by atoms with Gasteiger partial charge >= 0.3 is 5.63 Å². The molecule has 1 aliphatic heterocycles. The molecular weight excluding hydrogens is 336 g/mol. The summed E-state index contributed by atoms with van der Waals surface area (Å²) >= 11 is 0. The van der Waals surface area contributed by atoms with Crippen LogP contribution in [0.2, 0.25) is 0 Å². The van der Waals surface area contributed by atoms with Gasteiger partial charge in [-0.1, -0.05) is 68.4 Å². The molecule has 27 heavy (non-hydrogen) atoms. The van der Waals surface area contributed by atoms with Crippen molar-refractivity contribution < 1.29 is 9.52 Å². The summed E-state index contributed by atoms with van der Waals surface area (Å²) in [5.74, 6) is 0.324. The number of hydrogen-bond donors (Lipinski definition) is 1. The second-order valence-electron chi connectivity index (χ2n) is 6.96. The minimum atomic E-state index is -0.434. The van der Waals surface area contributed by atoms with Crippen LogP contribution in [0.15, 0.2) is 63.9 Å². The zero-order valence-electron chi connectivity index (χ0n) is 16.4. The van der Waals surface area contributed by atoms with E-state index in [1.165, 1.54) is 12.8 Å². The summed E-state index contributed by atoms with van der Waals surface area (Å²) in [5, 5.41) is 10.5. The maximum atomic E-state index is 12.5. The maximum Gasteiger partial charge on any atom is 0.343 e. The number of allylic oxidation sites excluding steroid dienone is 8. The first-order chi connectivity index (χ1) is 13.2. The van der Waals surface area contributed by atoms with Crippen LogP contribution in [-0.2, 0) is 6.42 Å². The van der Waals surface area contributed by atoms with Gasteiger partial charge in [-0.05, 0) is 38.5 Å². The van der Waals surface area contributed by atoms with E-state index in [4.69, 9.17) is 4.42 Å². The van der Waals surface area contributed by atoms with Gasteiger partial charge in [0.25, 0.3) is 0 Å². The van der Waals surface area contributed by atoms with Crippen LogP contribution in [0.25, 0.3) is 0 Å². The third-order valence-electron chi connectivity index (χ3n) is 4.69. The van der Waals surface area contributed by atoms with E-state index in [-0.39, 0.29) is 11.7 Å². The molecule has 0 radical (unpaired) electrons. The predicted octanol–water partition coefficient (Wildman–Crippen LogP) is 6.35. The Bertz CT molecular complexity index is 734. The van der Waals surface area contributed by atoms with Crippen LogP contribution in [-0.4, -0.2) is 5.11 Å². The van der Waals surface area contributed by atoms with Crippen molar-refractivity contribution in [3.8, 4) is 5.75 Å². The molecule has 2 bridgehead atoms. The van der Waals surface area contributed by atoms with Gasteiger partial charge in [-0.2, -0.15) is 0 Å². The number of fused-ring (bicyclic) bond motifs is 11. The van der Waals surface area contributed by atoms with E-state index >= 15 is 0 Å². The molecule has 3 nitrogen and oxygen atoms in total. The third kappa shape index (κ3) is 7.46. The molecule has 1 aromatic heterocycles. The minimum Gasteiger partial charge on any atom is -0.507 e. The molecule has 2 aliphatic rings. The fourth-order valence-corrected chi connectivity index (χ4v) is 3.22. The lowest BCUT2D eigenvalue weighted by Gasteiger charge is -2.11. The van der Waals surface area contributed by atoms with Crippen molar-refractivity contribution in [2.75, 3.05) is 0 Å². The van der Waals surface area contributed by atoms with Crippen LogP contribution in [0.3, 0.4) is 0 Å². The predicted molar refractivity (Wildman–Crippen MR) is 112 cm³/mol. The molecule has 1 aromatic rings. The Kier molecular flexibility index (Phi) is 9.47. The lowest BCUT2D eigenvalue weighted by molar-refractivity contribution is 0.407. The average Bonchev–Trinajstić information content (AvgIpc) is 2.63. The summed E-state index contributed by atoms with van der Waals surface area (Å²) < 4.78 is 5.50. The molecule has 0 aromatic carbocycles. The van der Waals surface area contributed by atoms with Gasteiger partial charge in [0.1, 0.15) is 11.5 Å². The van der Waals surface area contributed by atoms with Crippen LogP contribution in [0, 0.1) is 0 Å². The molecule has 0 saturated heterocycles. The molecule has 0 saturated carbocycles. The zero-order chi connectivity index (χ0) is 19.3. The fourth-order valence-electron chi connectivity index (χ4n) is 3.22. The van der Waals surface area contributed by atoms with Gasteiger partial charge in [0.05, 0.1) is 5.56 Å². The van der Waals surface area contributed by atoms with Crippen molar-refractivity contribution in [3.63, 3.8) is 0 Å². The number of aromatic hydroxyl groups is 1. The zero-order valence-corrected chi connectivity index (χ0v) is 16.4. The van der Waals surface area contributed by atoms with Gasteiger partial charge in [0.15, 0.2) is 0 Å². The molecule has 0 unspecified atom stereocenters. The Labute approximate surface area is 162 Å². The Morgan fingerprint density at radius 2 is 1.96 bits per heavy atom. The first-order valence-electron chi connectivity index (χ1n) is 10.2. The van der Waals surface area contributed by atoms with Crippen molar-refractivity contribution >= 4 is 0 Å². The Balaban J connectivity index is 2.29. The lowest BCUT2D eigenvalue weighted by Crippen LogP contribution is -2.12. The molecular formula is C24H32O3. The SMILES string of the molecule is CC/C=C\C/C=C/[C@@H]1/C=C\C/C=C\CCCCCCc2cc(O)c1c(=O)o2. The Morgan fingerprint density at radius 1 is 1.11 bits per heavy atom. The number of hydrogen-bond acceptors (Lipinski definition) is 3. The van der Waals surface area contributed by atoms with Gasteiger partial charge in [0.2, 0.25) is 0 Å². The number of rotatable bonds is 4. The summed E-state index contributed by atoms with van der Waals surface area (Å²) in [7, 11) is 0. The largest absolute Gasteiger partial charge is 0.507 e. The van der Waals surface area contributed by atoms with E-state index in [1.54, 1.807) is 6.07 Å². The van der Waals surface area contributed by atoms with Crippen molar-refractivity contribution in [2.45, 2.75) is 70.6 Å². The highest BCUT2D eigenvalue weighted by Gasteiger charge is 2.17. The topological polar surface area (TPSA) is 50.4 Å². The van der Waals surface area contributed by atoms with Crippen LogP contribution in [0.1, 0.15) is 75.5 Å². The molecule has 1 atom stereocenters. The van der Waals surface area contributed by atoms with Crippen molar-refractivity contribution in [2.24, 2.45) is 0 Å². The summed E-state index contributed by atoms with van der Waals surface area (Å²) in [5.41, 5.74) is -0.113. The number of aryl methyl sites for hydroxylation is 1. The van der Waals surface area contributed by atoms with Crippen LogP contribution in [0.5, 0.6) is 5.75 Å². The quantitative estimate of drug-likeness (QED) is 0.630. The van der Waals surface area contributed by atoms with E-state index < -0.39 is 5.63 Å². The summed E-state index contributed by atoms with van der Waals surface area (Å²) in [6.07, 6.45) is 25.5. The average molecular weight is 369 g/mol. The standard InChI is InChI=1S/C24H32O3/c1-2-3-4-10-13-16-20-17-14-11-8-6-5-7-9-12-15-18-21-19-22(25)23(20)24(26)27-21/h3-4,6,8,13-14,16-17,19-20,25H,2,5,7,9-12,15,18H2,1H3/b4-3-,8-6-,16-13+,17-14-/t20-/m1/s1. The Morgan fingerprint density at radius 3 is 2.78 bits per heavy atom. The van der Waals surface area contributed by atoms with Gasteiger partial charge in [-0.15, -0.1) is 0 Å². The summed E-state index contributed by atoms with van der Waals surface area (Å²) in [6.45, 7) is 2.10. The molecule has 3 rings (SSSR count). The summed E-state index contributed by atoms with van der Waals surface area (Å²) in [6, 6.07) is 1.62. The first-order valence-corrected chi connectivity index (χ1v) is 10.2. The highest BCUT2D eigenvalue weighted by Crippen LogP contribution is 2.27. The maximum absolute atomic E-state index is 12.5. The molecule has 0 amide bonds. The molecule has 0 fully saturated rings. The second kappa shape index (κ2) is 12.2. The van der Waals surface area contributed by atoms with Crippen LogP contribution in [0.4, 0.5) is 0 Å². The molecule has 1 N–H and O–H groups in total. The van der Waals surface area contributed by atoms with Crippen molar-refractivity contribution in [1.82, 2.24) is 0 Å². The molecule has 1 aliphatic carbocycles. The van der Waals surface area contributed by atoms with Gasteiger partial charge in [0, 0.05) is 18.4 Å². The highest BCUT2D eigenvalue weighted by atomic mass is 16.4. The van der Waals surface area contributed by atoms with Crippen molar-refractivity contribution in [1.29, 1.82) is 0 Å². The fraction of sp³-hybridized carbons (Fsp3) is 0.458. The van der Waals surface area contributed by atoms with Crippen LogP contribution < -0.4 is 5.63 Å². The van der Waals surface area contributed by atoms with E-state index in [1.807, 2.05) is 24.3 Å². The molecule has 3 heteroatoms. The lowest BCUT2D eigenvalue weighted by atomic mass is 9.97. The molecule has 146 valence electrons.